The second-order valence-corrected chi connectivity index (χ2v) is 3.19. The first kappa shape index (κ1) is 12.4. The molecule has 0 spiro atoms. The lowest BCUT2D eigenvalue weighted by Gasteiger charge is -2.25. The van der Waals surface area contributed by atoms with Crippen LogP contribution in [0.2, 0.25) is 0 Å². The second-order valence-electron chi connectivity index (χ2n) is 3.19. The number of nitrogens with zero attached hydrogens (tertiary/aromatic N) is 1. The van der Waals surface area contributed by atoms with E-state index in [-0.39, 0.29) is 5.97 Å². The van der Waals surface area contributed by atoms with Crippen molar-refractivity contribution in [2.45, 2.75) is 39.7 Å². The van der Waals surface area contributed by atoms with E-state index in [1.54, 1.807) is 0 Å². The highest BCUT2D eigenvalue weighted by atomic mass is 16.5. The Hall–Kier alpha value is -0.570. The Morgan fingerprint density at radius 2 is 1.92 bits per heavy atom. The van der Waals surface area contributed by atoms with E-state index in [1.807, 2.05) is 0 Å². The maximum Gasteiger partial charge on any atom is 0.305 e. The van der Waals surface area contributed by atoms with Crippen LogP contribution < -0.4 is 0 Å². The lowest BCUT2D eigenvalue weighted by molar-refractivity contribution is -0.141. The number of hydrogen-bond donors (Lipinski definition) is 0. The summed E-state index contributed by atoms with van der Waals surface area (Å²) in [6.45, 7) is 8.50. The van der Waals surface area contributed by atoms with Gasteiger partial charge in [0.25, 0.3) is 0 Å². The normalized spacial score (nSPS) is 13.0. The van der Waals surface area contributed by atoms with E-state index in [4.69, 9.17) is 0 Å². The molecule has 0 aliphatic rings. The fraction of sp³-hybridized carbons (Fsp3) is 0.900. The average Bonchev–Trinajstić information content (AvgIpc) is 2.16. The Labute approximate surface area is 81.1 Å². The van der Waals surface area contributed by atoms with E-state index >= 15 is 0 Å². The van der Waals surface area contributed by atoms with Crippen LogP contribution in [0.25, 0.3) is 0 Å². The third kappa shape index (κ3) is 4.88. The van der Waals surface area contributed by atoms with Gasteiger partial charge in [-0.25, -0.2) is 0 Å². The molecule has 3 heteroatoms. The van der Waals surface area contributed by atoms with E-state index < -0.39 is 0 Å². The summed E-state index contributed by atoms with van der Waals surface area (Å²) in [6.07, 6.45) is 1.41. The van der Waals surface area contributed by atoms with Gasteiger partial charge >= 0.3 is 5.97 Å². The smallest absolute Gasteiger partial charge is 0.305 e. The van der Waals surface area contributed by atoms with Crippen LogP contribution in [-0.2, 0) is 9.53 Å². The van der Waals surface area contributed by atoms with Crippen LogP contribution in [0.3, 0.4) is 0 Å². The Bertz CT molecular complexity index is 144. The molecule has 0 aromatic heterocycles. The number of ether oxygens (including phenoxy) is 1. The molecule has 0 heterocycles. The van der Waals surface area contributed by atoms with Crippen molar-refractivity contribution in [1.29, 1.82) is 0 Å². The van der Waals surface area contributed by atoms with Gasteiger partial charge in [0.05, 0.1) is 7.11 Å². The van der Waals surface area contributed by atoms with Gasteiger partial charge in [0.2, 0.25) is 0 Å². The van der Waals surface area contributed by atoms with Gasteiger partial charge in [0.15, 0.2) is 0 Å². The number of carbonyl (C=O) groups is 1. The molecule has 0 bridgehead atoms. The summed E-state index contributed by atoms with van der Waals surface area (Å²) in [5.41, 5.74) is 0. The minimum absolute atomic E-state index is 0.112. The van der Waals surface area contributed by atoms with E-state index in [9.17, 15) is 4.79 Å². The van der Waals surface area contributed by atoms with Crippen LogP contribution >= 0.6 is 0 Å². The van der Waals surface area contributed by atoms with Gasteiger partial charge in [0.1, 0.15) is 0 Å². The Kier molecular flexibility index (Phi) is 6.59. The zero-order valence-corrected chi connectivity index (χ0v) is 9.17. The summed E-state index contributed by atoms with van der Waals surface area (Å²) in [7, 11) is 1.43. The van der Waals surface area contributed by atoms with Gasteiger partial charge in [0, 0.05) is 12.5 Å². The molecule has 1 unspecified atom stereocenters. The van der Waals surface area contributed by atoms with Gasteiger partial charge < -0.3 is 9.64 Å². The molecule has 0 saturated carbocycles. The van der Waals surface area contributed by atoms with Gasteiger partial charge in [-0.2, -0.15) is 0 Å². The van der Waals surface area contributed by atoms with Gasteiger partial charge in [-0.1, -0.05) is 13.8 Å². The molecular weight excluding hydrogens is 166 g/mol. The summed E-state index contributed by atoms with van der Waals surface area (Å²) >= 11 is 0. The van der Waals surface area contributed by atoms with Crippen molar-refractivity contribution in [3.63, 3.8) is 0 Å². The summed E-state index contributed by atoms with van der Waals surface area (Å²) < 4.78 is 4.59. The molecule has 13 heavy (non-hydrogen) atoms. The zero-order valence-electron chi connectivity index (χ0n) is 9.17. The van der Waals surface area contributed by atoms with Crippen LogP contribution in [-0.4, -0.2) is 37.1 Å². The van der Waals surface area contributed by atoms with E-state index in [2.05, 4.69) is 30.4 Å². The van der Waals surface area contributed by atoms with E-state index in [0.717, 1.165) is 19.5 Å². The highest BCUT2D eigenvalue weighted by Crippen LogP contribution is 2.06. The standard InChI is InChI=1S/C10H21NO2/c1-5-11(6-2)9(3)7-8-10(12)13-4/h9H,5-8H2,1-4H3. The Morgan fingerprint density at radius 1 is 1.38 bits per heavy atom. The lowest BCUT2D eigenvalue weighted by atomic mass is 10.1. The fourth-order valence-corrected chi connectivity index (χ4v) is 1.46. The van der Waals surface area contributed by atoms with Crippen LogP contribution in [0, 0.1) is 0 Å². The van der Waals surface area contributed by atoms with Gasteiger partial charge in [-0.05, 0) is 26.4 Å². The highest BCUT2D eigenvalue weighted by Gasteiger charge is 2.11. The maximum atomic E-state index is 10.9. The zero-order chi connectivity index (χ0) is 10.3. The summed E-state index contributed by atoms with van der Waals surface area (Å²) in [5.74, 6) is -0.112. The number of hydrogen-bond acceptors (Lipinski definition) is 3. The first-order valence-electron chi connectivity index (χ1n) is 4.96. The molecule has 0 aromatic carbocycles. The minimum Gasteiger partial charge on any atom is -0.469 e. The Balaban J connectivity index is 3.71. The molecule has 78 valence electrons. The Morgan fingerprint density at radius 3 is 2.31 bits per heavy atom. The summed E-state index contributed by atoms with van der Waals surface area (Å²) in [6, 6.07) is 0.467. The van der Waals surface area contributed by atoms with Gasteiger partial charge in [-0.3, -0.25) is 4.79 Å². The molecule has 0 fully saturated rings. The molecule has 0 aliphatic heterocycles. The third-order valence-electron chi connectivity index (χ3n) is 2.43. The second kappa shape index (κ2) is 6.89. The largest absolute Gasteiger partial charge is 0.469 e. The molecule has 0 amide bonds. The lowest BCUT2D eigenvalue weighted by Crippen LogP contribution is -2.33. The number of methoxy groups -OCH3 is 1. The fourth-order valence-electron chi connectivity index (χ4n) is 1.46. The van der Waals surface area contributed by atoms with Crippen LogP contribution in [0.5, 0.6) is 0 Å². The summed E-state index contributed by atoms with van der Waals surface area (Å²) in [5, 5.41) is 0. The third-order valence-corrected chi connectivity index (χ3v) is 2.43. The molecule has 3 nitrogen and oxygen atoms in total. The quantitative estimate of drug-likeness (QED) is 0.592. The monoisotopic (exact) mass is 187 g/mol. The highest BCUT2D eigenvalue weighted by molar-refractivity contribution is 5.69. The predicted molar refractivity (Wildman–Crippen MR) is 53.6 cm³/mol. The molecule has 0 aromatic rings. The number of carbonyl (C=O) groups excluding carboxylic acids is 1. The van der Waals surface area contributed by atoms with Crippen LogP contribution in [0.15, 0.2) is 0 Å². The van der Waals surface area contributed by atoms with E-state index in [1.165, 1.54) is 7.11 Å². The number of esters is 1. The maximum absolute atomic E-state index is 10.9. The molecule has 0 saturated heterocycles. The van der Waals surface area contributed by atoms with Crippen molar-refractivity contribution in [1.82, 2.24) is 4.90 Å². The first-order chi connectivity index (χ1) is 6.15. The molecule has 0 radical (unpaired) electrons. The van der Waals surface area contributed by atoms with Crippen molar-refractivity contribution in [2.75, 3.05) is 20.2 Å². The molecular formula is C10H21NO2. The SMILES string of the molecule is CCN(CC)C(C)CCC(=O)OC. The van der Waals surface area contributed by atoms with Crippen LogP contribution in [0.1, 0.15) is 33.6 Å². The van der Waals surface area contributed by atoms with Crippen molar-refractivity contribution < 1.29 is 9.53 Å². The molecule has 0 N–H and O–H groups in total. The van der Waals surface area contributed by atoms with Gasteiger partial charge in [-0.15, -0.1) is 0 Å². The minimum atomic E-state index is -0.112. The number of rotatable bonds is 6. The molecule has 0 rings (SSSR count). The topological polar surface area (TPSA) is 29.5 Å². The van der Waals surface area contributed by atoms with Crippen molar-refractivity contribution in [2.24, 2.45) is 0 Å². The molecule has 0 aliphatic carbocycles. The van der Waals surface area contributed by atoms with Crippen LogP contribution in [0.4, 0.5) is 0 Å². The average molecular weight is 187 g/mol. The summed E-state index contributed by atoms with van der Waals surface area (Å²) in [4.78, 5) is 13.2. The first-order valence-corrected chi connectivity index (χ1v) is 4.96. The van der Waals surface area contributed by atoms with Crippen molar-refractivity contribution >= 4 is 5.97 Å². The molecule has 1 atom stereocenters. The predicted octanol–water partition coefficient (Wildman–Crippen LogP) is 1.67. The van der Waals surface area contributed by atoms with E-state index in [0.29, 0.717) is 12.5 Å². The van der Waals surface area contributed by atoms with Crippen molar-refractivity contribution in [3.05, 3.63) is 0 Å². The van der Waals surface area contributed by atoms with Crippen molar-refractivity contribution in [3.8, 4) is 0 Å².